The first-order valence-corrected chi connectivity index (χ1v) is 7.41. The highest BCUT2D eigenvalue weighted by Crippen LogP contribution is 2.26. The Hall–Kier alpha value is -1.59. The van der Waals surface area contributed by atoms with Gasteiger partial charge in [-0.25, -0.2) is 0 Å². The van der Waals surface area contributed by atoms with Crippen molar-refractivity contribution in [3.63, 3.8) is 0 Å². The van der Waals surface area contributed by atoms with Crippen LogP contribution in [-0.2, 0) is 4.79 Å². The van der Waals surface area contributed by atoms with E-state index in [1.165, 1.54) is 0 Å². The zero-order valence-electron chi connectivity index (χ0n) is 12.0. The highest BCUT2D eigenvalue weighted by molar-refractivity contribution is 6.32. The minimum atomic E-state index is -0.414. The second-order valence-corrected chi connectivity index (χ2v) is 5.20. The summed E-state index contributed by atoms with van der Waals surface area (Å²) >= 11 is 6.14. The Morgan fingerprint density at radius 3 is 2.62 bits per heavy atom. The normalized spacial score (nSPS) is 10.4. The molecule has 5 nitrogen and oxygen atoms in total. The Balaban J connectivity index is 2.51. The summed E-state index contributed by atoms with van der Waals surface area (Å²) in [5.41, 5.74) is 11.5. The molecule has 0 bridgehead atoms. The average molecular weight is 312 g/mol. The molecule has 0 aliphatic heterocycles. The van der Waals surface area contributed by atoms with Crippen molar-refractivity contribution in [2.24, 2.45) is 11.5 Å². The molecule has 0 atom stereocenters. The standard InChI is InChI=1S/C15H22ClN3O2/c16-12-10-11(13(18)5-7-15(19)20)4-6-14(12)21-9-3-1-2-8-17/h4,6,10,18H,1-3,5,7-9,17H2,(H2,19,20). The van der Waals surface area contributed by atoms with Gasteiger partial charge in [0.25, 0.3) is 0 Å². The summed E-state index contributed by atoms with van der Waals surface area (Å²) in [4.78, 5) is 10.7. The molecule has 1 amide bonds. The van der Waals surface area contributed by atoms with Crippen LogP contribution in [0.3, 0.4) is 0 Å². The SMILES string of the molecule is N=C(CCC(N)=O)c1ccc(OCCCCCN)c(Cl)c1. The molecule has 0 aliphatic rings. The smallest absolute Gasteiger partial charge is 0.217 e. The van der Waals surface area contributed by atoms with Crippen LogP contribution in [0.15, 0.2) is 18.2 Å². The molecule has 1 aromatic carbocycles. The molecule has 0 heterocycles. The fourth-order valence-electron chi connectivity index (χ4n) is 1.80. The second-order valence-electron chi connectivity index (χ2n) is 4.79. The predicted octanol–water partition coefficient (Wildman–Crippen LogP) is 2.48. The first kappa shape index (κ1) is 17.5. The first-order valence-electron chi connectivity index (χ1n) is 7.03. The molecule has 1 rings (SSSR count). The van der Waals surface area contributed by atoms with Crippen molar-refractivity contribution in [3.8, 4) is 5.75 Å². The van der Waals surface area contributed by atoms with Crippen LogP contribution in [0.5, 0.6) is 5.75 Å². The summed E-state index contributed by atoms with van der Waals surface area (Å²) < 4.78 is 5.60. The number of hydrogen-bond donors (Lipinski definition) is 3. The number of amides is 1. The zero-order valence-corrected chi connectivity index (χ0v) is 12.8. The van der Waals surface area contributed by atoms with Crippen molar-refractivity contribution in [3.05, 3.63) is 28.8 Å². The lowest BCUT2D eigenvalue weighted by atomic mass is 10.1. The van der Waals surface area contributed by atoms with Gasteiger partial charge in [-0.2, -0.15) is 0 Å². The first-order chi connectivity index (χ1) is 10.0. The van der Waals surface area contributed by atoms with Crippen LogP contribution in [0.4, 0.5) is 0 Å². The minimum absolute atomic E-state index is 0.163. The summed E-state index contributed by atoms with van der Waals surface area (Å²) in [6.45, 7) is 1.29. The highest BCUT2D eigenvalue weighted by Gasteiger charge is 2.08. The third-order valence-corrected chi connectivity index (χ3v) is 3.30. The maximum absolute atomic E-state index is 10.7. The highest BCUT2D eigenvalue weighted by atomic mass is 35.5. The molecule has 0 fully saturated rings. The van der Waals surface area contributed by atoms with Gasteiger partial charge in [0.1, 0.15) is 5.75 Å². The number of rotatable bonds is 10. The number of unbranched alkanes of at least 4 members (excludes halogenated alkanes) is 2. The van der Waals surface area contributed by atoms with E-state index in [0.717, 1.165) is 19.3 Å². The number of halogens is 1. The van der Waals surface area contributed by atoms with Gasteiger partial charge in [-0.05, 0) is 56.0 Å². The molecule has 0 unspecified atom stereocenters. The lowest BCUT2D eigenvalue weighted by Crippen LogP contribution is -2.12. The molecule has 1 aromatic rings. The van der Waals surface area contributed by atoms with Gasteiger partial charge in [0.15, 0.2) is 0 Å². The van der Waals surface area contributed by atoms with Gasteiger partial charge in [-0.15, -0.1) is 0 Å². The molecule has 0 saturated heterocycles. The Labute approximate surface area is 130 Å². The monoisotopic (exact) mass is 311 g/mol. The fraction of sp³-hybridized carbons (Fsp3) is 0.467. The number of carbonyl (C=O) groups excluding carboxylic acids is 1. The molecular formula is C15H22ClN3O2. The third kappa shape index (κ3) is 6.60. The summed E-state index contributed by atoms with van der Waals surface area (Å²) in [7, 11) is 0. The zero-order chi connectivity index (χ0) is 15.7. The van der Waals surface area contributed by atoms with Gasteiger partial charge >= 0.3 is 0 Å². The van der Waals surface area contributed by atoms with Crippen molar-refractivity contribution in [1.29, 1.82) is 5.41 Å². The van der Waals surface area contributed by atoms with Crippen molar-refractivity contribution in [2.45, 2.75) is 32.1 Å². The number of benzene rings is 1. The van der Waals surface area contributed by atoms with Crippen LogP contribution >= 0.6 is 11.6 Å². The van der Waals surface area contributed by atoms with Crippen molar-refractivity contribution in [2.75, 3.05) is 13.2 Å². The number of carbonyl (C=O) groups is 1. The Morgan fingerprint density at radius 2 is 2.00 bits per heavy atom. The van der Waals surface area contributed by atoms with Crippen LogP contribution in [0.1, 0.15) is 37.7 Å². The Bertz CT molecular complexity index is 492. The van der Waals surface area contributed by atoms with Gasteiger partial charge in [-0.1, -0.05) is 11.6 Å². The van der Waals surface area contributed by atoms with Crippen LogP contribution in [0.25, 0.3) is 0 Å². The Kier molecular flexibility index (Phi) is 7.79. The summed E-state index contributed by atoms with van der Waals surface area (Å²) in [5.74, 6) is 0.194. The molecular weight excluding hydrogens is 290 g/mol. The van der Waals surface area contributed by atoms with E-state index in [2.05, 4.69) is 0 Å². The number of ether oxygens (including phenoxy) is 1. The van der Waals surface area contributed by atoms with Crippen molar-refractivity contribution >= 4 is 23.2 Å². The van der Waals surface area contributed by atoms with Gasteiger partial charge in [-0.3, -0.25) is 4.79 Å². The average Bonchev–Trinajstić information content (AvgIpc) is 2.45. The number of primary amides is 1. The topological polar surface area (TPSA) is 102 Å². The molecule has 0 radical (unpaired) electrons. The quantitative estimate of drug-likeness (QED) is 0.457. The lowest BCUT2D eigenvalue weighted by Gasteiger charge is -2.10. The Morgan fingerprint density at radius 1 is 1.24 bits per heavy atom. The van der Waals surface area contributed by atoms with E-state index in [1.54, 1.807) is 18.2 Å². The van der Waals surface area contributed by atoms with E-state index in [4.69, 9.17) is 33.2 Å². The largest absolute Gasteiger partial charge is 0.492 e. The lowest BCUT2D eigenvalue weighted by molar-refractivity contribution is -0.117. The molecule has 116 valence electrons. The maximum atomic E-state index is 10.7. The molecule has 21 heavy (non-hydrogen) atoms. The van der Waals surface area contributed by atoms with E-state index in [0.29, 0.717) is 41.6 Å². The van der Waals surface area contributed by atoms with Gasteiger partial charge in [0.05, 0.1) is 11.6 Å². The summed E-state index contributed by atoms with van der Waals surface area (Å²) in [6.07, 6.45) is 3.43. The molecule has 0 spiro atoms. The van der Waals surface area contributed by atoms with Crippen LogP contribution in [0, 0.1) is 5.41 Å². The van der Waals surface area contributed by atoms with E-state index in [-0.39, 0.29) is 6.42 Å². The third-order valence-electron chi connectivity index (χ3n) is 3.01. The van der Waals surface area contributed by atoms with E-state index in [1.807, 2.05) is 0 Å². The minimum Gasteiger partial charge on any atom is -0.492 e. The van der Waals surface area contributed by atoms with Crippen LogP contribution < -0.4 is 16.2 Å². The van der Waals surface area contributed by atoms with Crippen LogP contribution in [0.2, 0.25) is 5.02 Å². The molecule has 0 saturated carbocycles. The van der Waals surface area contributed by atoms with Crippen molar-refractivity contribution in [1.82, 2.24) is 0 Å². The van der Waals surface area contributed by atoms with Gasteiger partial charge in [0.2, 0.25) is 5.91 Å². The van der Waals surface area contributed by atoms with Crippen LogP contribution in [-0.4, -0.2) is 24.8 Å². The molecule has 0 aliphatic carbocycles. The van der Waals surface area contributed by atoms with Gasteiger partial charge < -0.3 is 21.6 Å². The number of nitrogens with one attached hydrogen (secondary N) is 1. The van der Waals surface area contributed by atoms with E-state index >= 15 is 0 Å². The van der Waals surface area contributed by atoms with Crippen molar-refractivity contribution < 1.29 is 9.53 Å². The molecule has 5 N–H and O–H groups in total. The predicted molar refractivity (Wildman–Crippen MR) is 85.1 cm³/mol. The number of hydrogen-bond acceptors (Lipinski definition) is 4. The maximum Gasteiger partial charge on any atom is 0.217 e. The van der Waals surface area contributed by atoms with Gasteiger partial charge in [0, 0.05) is 12.1 Å². The molecule has 6 heteroatoms. The summed E-state index contributed by atoms with van der Waals surface area (Å²) in [6, 6.07) is 5.20. The fourth-order valence-corrected chi connectivity index (χ4v) is 2.04. The number of nitrogens with two attached hydrogens (primary N) is 2. The van der Waals surface area contributed by atoms with E-state index in [9.17, 15) is 4.79 Å². The summed E-state index contributed by atoms with van der Waals surface area (Å²) in [5, 5.41) is 8.35. The molecule has 0 aromatic heterocycles. The second kappa shape index (κ2) is 9.37. The van der Waals surface area contributed by atoms with E-state index < -0.39 is 5.91 Å².